The van der Waals surface area contributed by atoms with Crippen LogP contribution in [0.15, 0.2) is 22.7 Å². The largest absolute Gasteiger partial charge is 0.338 e. The number of hydrogen-bond donors (Lipinski definition) is 1. The lowest BCUT2D eigenvalue weighted by Crippen LogP contribution is -2.32. The summed E-state index contributed by atoms with van der Waals surface area (Å²) in [6.45, 7) is 3.81. The maximum Gasteiger partial charge on any atom is 0.255 e. The third kappa shape index (κ3) is 2.17. The lowest BCUT2D eigenvalue weighted by atomic mass is 10.0. The van der Waals surface area contributed by atoms with E-state index < -0.39 is 0 Å². The first kappa shape index (κ1) is 12.5. The highest BCUT2D eigenvalue weighted by atomic mass is 79.9. The van der Waals surface area contributed by atoms with Crippen LogP contribution in [0, 0.1) is 11.8 Å². The molecule has 0 bridgehead atoms. The first-order valence-electron chi connectivity index (χ1n) is 6.10. The minimum Gasteiger partial charge on any atom is -0.338 e. The number of halogens is 2. The van der Waals surface area contributed by atoms with Crippen LogP contribution in [0.5, 0.6) is 0 Å². The average molecular weight is 330 g/mol. The van der Waals surface area contributed by atoms with Gasteiger partial charge in [0.25, 0.3) is 5.91 Å². The van der Waals surface area contributed by atoms with E-state index in [0.29, 0.717) is 22.4 Å². The molecule has 0 spiro atoms. The fourth-order valence-corrected chi connectivity index (χ4v) is 3.71. The van der Waals surface area contributed by atoms with E-state index in [1.54, 1.807) is 18.2 Å². The van der Waals surface area contributed by atoms with Crippen molar-refractivity contribution in [1.29, 1.82) is 0 Å². The van der Waals surface area contributed by atoms with Gasteiger partial charge in [-0.15, -0.1) is 0 Å². The molecule has 0 aliphatic carbocycles. The summed E-state index contributed by atoms with van der Waals surface area (Å²) in [5, 5.41) is 4.02. The number of hydrogen-bond acceptors (Lipinski definition) is 2. The number of amides is 1. The number of fused-ring (bicyclic) bond motifs is 1. The zero-order chi connectivity index (χ0) is 12.7. The second-order valence-electron chi connectivity index (χ2n) is 5.01. The molecule has 2 saturated heterocycles. The Labute approximate surface area is 120 Å². The van der Waals surface area contributed by atoms with Crippen LogP contribution in [0.25, 0.3) is 0 Å². The van der Waals surface area contributed by atoms with Crippen LogP contribution >= 0.6 is 27.5 Å². The number of likely N-dealkylation sites (tertiary alicyclic amines) is 1. The van der Waals surface area contributed by atoms with Crippen LogP contribution in [0.1, 0.15) is 10.4 Å². The Bertz CT molecular complexity index is 482. The lowest BCUT2D eigenvalue weighted by Gasteiger charge is -2.18. The van der Waals surface area contributed by atoms with Gasteiger partial charge in [0, 0.05) is 35.7 Å². The zero-order valence-electron chi connectivity index (χ0n) is 9.83. The Morgan fingerprint density at radius 3 is 2.61 bits per heavy atom. The Kier molecular flexibility index (Phi) is 3.34. The second kappa shape index (κ2) is 4.83. The highest BCUT2D eigenvalue weighted by Gasteiger charge is 2.38. The van der Waals surface area contributed by atoms with E-state index in [0.717, 1.165) is 30.7 Å². The van der Waals surface area contributed by atoms with Crippen LogP contribution in [0.3, 0.4) is 0 Å². The molecule has 2 fully saturated rings. The van der Waals surface area contributed by atoms with E-state index in [4.69, 9.17) is 11.6 Å². The van der Waals surface area contributed by atoms with Crippen LogP contribution in [-0.2, 0) is 0 Å². The van der Waals surface area contributed by atoms with Gasteiger partial charge in [0.05, 0.1) is 5.56 Å². The number of nitrogens with zero attached hydrogens (tertiary/aromatic N) is 1. The molecule has 18 heavy (non-hydrogen) atoms. The monoisotopic (exact) mass is 328 g/mol. The predicted molar refractivity (Wildman–Crippen MR) is 74.9 cm³/mol. The van der Waals surface area contributed by atoms with Crippen molar-refractivity contribution in [2.45, 2.75) is 0 Å². The van der Waals surface area contributed by atoms with Crippen molar-refractivity contribution >= 4 is 33.4 Å². The molecule has 0 saturated carbocycles. The topological polar surface area (TPSA) is 32.3 Å². The molecule has 1 N–H and O–H groups in total. The van der Waals surface area contributed by atoms with Gasteiger partial charge in [0.15, 0.2) is 0 Å². The van der Waals surface area contributed by atoms with Gasteiger partial charge in [-0.1, -0.05) is 11.6 Å². The highest BCUT2D eigenvalue weighted by Crippen LogP contribution is 2.29. The third-order valence-corrected chi connectivity index (χ3v) is 4.73. The highest BCUT2D eigenvalue weighted by molar-refractivity contribution is 9.10. The van der Waals surface area contributed by atoms with Gasteiger partial charge in [-0.3, -0.25) is 4.79 Å². The Hall–Kier alpha value is -0.580. The van der Waals surface area contributed by atoms with Gasteiger partial charge in [-0.25, -0.2) is 0 Å². The fourth-order valence-electron chi connectivity index (χ4n) is 2.85. The van der Waals surface area contributed by atoms with Gasteiger partial charge in [-0.2, -0.15) is 0 Å². The molecule has 3 rings (SSSR count). The Balaban J connectivity index is 1.79. The third-order valence-electron chi connectivity index (χ3n) is 3.84. The molecule has 2 unspecified atom stereocenters. The van der Waals surface area contributed by atoms with Crippen molar-refractivity contribution < 1.29 is 4.79 Å². The quantitative estimate of drug-likeness (QED) is 0.858. The molecule has 2 heterocycles. The van der Waals surface area contributed by atoms with Crippen molar-refractivity contribution in [1.82, 2.24) is 10.2 Å². The molecule has 96 valence electrons. The Morgan fingerprint density at radius 2 is 2.00 bits per heavy atom. The van der Waals surface area contributed by atoms with Crippen molar-refractivity contribution in [3.8, 4) is 0 Å². The van der Waals surface area contributed by atoms with Crippen LogP contribution in [0.4, 0.5) is 0 Å². The summed E-state index contributed by atoms with van der Waals surface area (Å²) in [4.78, 5) is 14.4. The standard InChI is InChI=1S/C13H14BrClN2O/c14-12-3-10(15)1-2-11(12)13(18)17-6-8-4-16-5-9(8)7-17/h1-3,8-9,16H,4-7H2. The molecule has 2 atom stereocenters. The summed E-state index contributed by atoms with van der Waals surface area (Å²) < 4.78 is 0.773. The van der Waals surface area contributed by atoms with E-state index in [9.17, 15) is 4.79 Å². The molecule has 0 aromatic heterocycles. The SMILES string of the molecule is O=C(c1ccc(Cl)cc1Br)N1CC2CNCC2C1. The Morgan fingerprint density at radius 1 is 1.33 bits per heavy atom. The first-order valence-corrected chi connectivity index (χ1v) is 7.27. The predicted octanol–water partition coefficient (Wildman–Crippen LogP) is 2.39. The maximum atomic E-state index is 12.4. The molecular weight excluding hydrogens is 316 g/mol. The molecule has 3 nitrogen and oxygen atoms in total. The minimum atomic E-state index is 0.105. The molecule has 2 aliphatic heterocycles. The summed E-state index contributed by atoms with van der Waals surface area (Å²) in [7, 11) is 0. The minimum absolute atomic E-state index is 0.105. The molecular formula is C13H14BrClN2O. The number of nitrogens with one attached hydrogen (secondary N) is 1. The van der Waals surface area contributed by atoms with Gasteiger partial charge < -0.3 is 10.2 Å². The lowest BCUT2D eigenvalue weighted by molar-refractivity contribution is 0.0781. The van der Waals surface area contributed by atoms with Crippen molar-refractivity contribution in [3.05, 3.63) is 33.3 Å². The van der Waals surface area contributed by atoms with Gasteiger partial charge in [0.2, 0.25) is 0 Å². The molecule has 1 aromatic carbocycles. The van der Waals surface area contributed by atoms with Crippen LogP contribution in [-0.4, -0.2) is 37.0 Å². The molecule has 1 aromatic rings. The smallest absolute Gasteiger partial charge is 0.255 e. The van der Waals surface area contributed by atoms with E-state index in [2.05, 4.69) is 21.2 Å². The number of benzene rings is 1. The second-order valence-corrected chi connectivity index (χ2v) is 6.30. The molecule has 0 radical (unpaired) electrons. The molecule has 5 heteroatoms. The van der Waals surface area contributed by atoms with E-state index in [1.165, 1.54) is 0 Å². The van der Waals surface area contributed by atoms with Crippen molar-refractivity contribution in [2.75, 3.05) is 26.2 Å². The first-order chi connectivity index (χ1) is 8.65. The van der Waals surface area contributed by atoms with E-state index in [-0.39, 0.29) is 5.91 Å². The van der Waals surface area contributed by atoms with Crippen molar-refractivity contribution in [2.24, 2.45) is 11.8 Å². The number of carbonyl (C=O) groups excluding carboxylic acids is 1. The van der Waals surface area contributed by atoms with Gasteiger partial charge in [0.1, 0.15) is 0 Å². The zero-order valence-corrected chi connectivity index (χ0v) is 12.2. The molecule has 1 amide bonds. The fraction of sp³-hybridized carbons (Fsp3) is 0.462. The average Bonchev–Trinajstić information content (AvgIpc) is 2.87. The van der Waals surface area contributed by atoms with Crippen LogP contribution < -0.4 is 5.32 Å². The summed E-state index contributed by atoms with van der Waals surface area (Å²) in [6, 6.07) is 5.33. The summed E-state index contributed by atoms with van der Waals surface area (Å²) in [5.41, 5.74) is 0.701. The summed E-state index contributed by atoms with van der Waals surface area (Å²) >= 11 is 9.31. The van der Waals surface area contributed by atoms with Crippen molar-refractivity contribution in [3.63, 3.8) is 0 Å². The normalized spacial score (nSPS) is 26.4. The van der Waals surface area contributed by atoms with Crippen LogP contribution in [0.2, 0.25) is 5.02 Å². The van der Waals surface area contributed by atoms with E-state index in [1.807, 2.05) is 4.90 Å². The number of rotatable bonds is 1. The van der Waals surface area contributed by atoms with E-state index >= 15 is 0 Å². The van der Waals surface area contributed by atoms with Gasteiger partial charge >= 0.3 is 0 Å². The maximum absolute atomic E-state index is 12.4. The number of carbonyl (C=O) groups is 1. The van der Waals surface area contributed by atoms with Gasteiger partial charge in [-0.05, 0) is 46.0 Å². The summed E-state index contributed by atoms with van der Waals surface area (Å²) in [5.74, 6) is 1.35. The summed E-state index contributed by atoms with van der Waals surface area (Å²) in [6.07, 6.45) is 0. The molecule has 2 aliphatic rings.